The predicted octanol–water partition coefficient (Wildman–Crippen LogP) is 3.22. The molecule has 1 aliphatic heterocycles. The van der Waals surface area contributed by atoms with Gasteiger partial charge >= 0.3 is 0 Å². The fourth-order valence-corrected chi connectivity index (χ4v) is 3.06. The number of hydrogen-bond acceptors (Lipinski definition) is 5. The summed E-state index contributed by atoms with van der Waals surface area (Å²) >= 11 is 0. The normalized spacial score (nSPS) is 22.2. The van der Waals surface area contributed by atoms with Crippen molar-refractivity contribution in [2.75, 3.05) is 33.5 Å². The molecular formula is C22H28O5. The Bertz CT molecular complexity index is 634. The van der Waals surface area contributed by atoms with Crippen LogP contribution in [0.15, 0.2) is 60.7 Å². The van der Waals surface area contributed by atoms with Gasteiger partial charge < -0.3 is 23.7 Å². The monoisotopic (exact) mass is 372 g/mol. The maximum absolute atomic E-state index is 6.18. The topological polar surface area (TPSA) is 46.2 Å². The highest BCUT2D eigenvalue weighted by molar-refractivity contribution is 5.14. The molecule has 0 saturated carbocycles. The fraction of sp³-hybridized carbons (Fsp3) is 0.455. The Labute approximate surface area is 161 Å². The maximum Gasteiger partial charge on any atom is 0.115 e. The first-order chi connectivity index (χ1) is 13.4. The third kappa shape index (κ3) is 6.41. The summed E-state index contributed by atoms with van der Waals surface area (Å²) in [4.78, 5) is 0. The summed E-state index contributed by atoms with van der Waals surface area (Å²) in [5.41, 5.74) is 2.27. The van der Waals surface area contributed by atoms with Crippen molar-refractivity contribution in [1.82, 2.24) is 0 Å². The molecule has 2 aromatic rings. The van der Waals surface area contributed by atoms with Gasteiger partial charge in [0.2, 0.25) is 0 Å². The Morgan fingerprint density at radius 1 is 0.852 bits per heavy atom. The van der Waals surface area contributed by atoms with Crippen LogP contribution in [0.3, 0.4) is 0 Å². The number of rotatable bonds is 11. The lowest BCUT2D eigenvalue weighted by Gasteiger charge is -2.23. The van der Waals surface area contributed by atoms with E-state index < -0.39 is 0 Å². The number of methoxy groups -OCH3 is 1. The molecule has 0 amide bonds. The van der Waals surface area contributed by atoms with E-state index in [9.17, 15) is 0 Å². The van der Waals surface area contributed by atoms with Crippen LogP contribution in [0.4, 0.5) is 0 Å². The van der Waals surface area contributed by atoms with Crippen LogP contribution >= 0.6 is 0 Å². The second kappa shape index (κ2) is 11.2. The zero-order valence-electron chi connectivity index (χ0n) is 15.8. The average Bonchev–Trinajstić information content (AvgIpc) is 3.10. The van der Waals surface area contributed by atoms with Gasteiger partial charge in [0.15, 0.2) is 0 Å². The molecule has 0 aliphatic carbocycles. The molecule has 5 nitrogen and oxygen atoms in total. The smallest absolute Gasteiger partial charge is 0.115 e. The standard InChI is InChI=1S/C22H28O5/c1-23-12-13-25-21-17-26-20(16-24-14-18-8-4-2-5-9-18)22(21)27-15-19-10-6-3-7-11-19/h2-11,20-22H,12-17H2,1H3. The van der Waals surface area contributed by atoms with Gasteiger partial charge in [0, 0.05) is 7.11 Å². The molecule has 3 unspecified atom stereocenters. The van der Waals surface area contributed by atoms with E-state index in [-0.39, 0.29) is 18.3 Å². The van der Waals surface area contributed by atoms with Crippen LogP contribution in [0.1, 0.15) is 11.1 Å². The van der Waals surface area contributed by atoms with E-state index in [2.05, 4.69) is 24.3 Å². The second-order valence-corrected chi connectivity index (χ2v) is 6.54. The molecule has 2 aromatic carbocycles. The molecule has 1 heterocycles. The molecule has 3 atom stereocenters. The highest BCUT2D eigenvalue weighted by atomic mass is 16.6. The average molecular weight is 372 g/mol. The van der Waals surface area contributed by atoms with Gasteiger partial charge in [0.1, 0.15) is 18.3 Å². The molecule has 27 heavy (non-hydrogen) atoms. The third-order valence-corrected chi connectivity index (χ3v) is 4.51. The summed E-state index contributed by atoms with van der Waals surface area (Å²) in [6.07, 6.45) is -0.433. The maximum atomic E-state index is 6.18. The van der Waals surface area contributed by atoms with E-state index in [0.29, 0.717) is 39.6 Å². The van der Waals surface area contributed by atoms with Crippen molar-refractivity contribution in [3.8, 4) is 0 Å². The lowest BCUT2D eigenvalue weighted by Crippen LogP contribution is -2.37. The van der Waals surface area contributed by atoms with Crippen molar-refractivity contribution in [1.29, 1.82) is 0 Å². The van der Waals surface area contributed by atoms with Gasteiger partial charge in [-0.05, 0) is 11.1 Å². The van der Waals surface area contributed by atoms with Crippen molar-refractivity contribution in [3.63, 3.8) is 0 Å². The highest BCUT2D eigenvalue weighted by Gasteiger charge is 2.39. The summed E-state index contributed by atoms with van der Waals surface area (Å²) < 4.78 is 29.0. The molecule has 0 bridgehead atoms. The summed E-state index contributed by atoms with van der Waals surface area (Å²) in [6, 6.07) is 20.2. The quantitative estimate of drug-likeness (QED) is 0.567. The van der Waals surface area contributed by atoms with Gasteiger partial charge in [0.05, 0.1) is 39.6 Å². The van der Waals surface area contributed by atoms with Crippen LogP contribution in [0.5, 0.6) is 0 Å². The molecule has 5 heteroatoms. The Hall–Kier alpha value is -1.76. The SMILES string of the molecule is COCCOC1COC(COCc2ccccc2)C1OCc1ccccc1. The van der Waals surface area contributed by atoms with Gasteiger partial charge in [0.25, 0.3) is 0 Å². The molecule has 0 spiro atoms. The van der Waals surface area contributed by atoms with Crippen LogP contribution in [-0.2, 0) is 36.9 Å². The molecule has 0 aromatic heterocycles. The van der Waals surface area contributed by atoms with Gasteiger partial charge in [-0.25, -0.2) is 0 Å². The summed E-state index contributed by atoms with van der Waals surface area (Å²) in [7, 11) is 1.66. The lowest BCUT2D eigenvalue weighted by molar-refractivity contribution is -0.0905. The zero-order valence-corrected chi connectivity index (χ0v) is 15.8. The number of benzene rings is 2. The molecule has 1 fully saturated rings. The predicted molar refractivity (Wildman–Crippen MR) is 102 cm³/mol. The van der Waals surface area contributed by atoms with E-state index in [1.807, 2.05) is 36.4 Å². The Balaban J connectivity index is 1.53. The van der Waals surface area contributed by atoms with E-state index in [0.717, 1.165) is 11.1 Å². The van der Waals surface area contributed by atoms with Crippen LogP contribution < -0.4 is 0 Å². The largest absolute Gasteiger partial charge is 0.382 e. The van der Waals surface area contributed by atoms with Crippen molar-refractivity contribution >= 4 is 0 Å². The van der Waals surface area contributed by atoms with Gasteiger partial charge in [-0.1, -0.05) is 60.7 Å². The van der Waals surface area contributed by atoms with Gasteiger partial charge in [-0.15, -0.1) is 0 Å². The minimum Gasteiger partial charge on any atom is -0.382 e. The Morgan fingerprint density at radius 2 is 1.52 bits per heavy atom. The highest BCUT2D eigenvalue weighted by Crippen LogP contribution is 2.23. The molecule has 1 saturated heterocycles. The van der Waals surface area contributed by atoms with Crippen molar-refractivity contribution < 1.29 is 23.7 Å². The summed E-state index contributed by atoms with van der Waals surface area (Å²) in [5.74, 6) is 0. The van der Waals surface area contributed by atoms with Crippen LogP contribution in [0, 0.1) is 0 Å². The van der Waals surface area contributed by atoms with Crippen LogP contribution in [-0.4, -0.2) is 51.8 Å². The van der Waals surface area contributed by atoms with Crippen LogP contribution in [0.2, 0.25) is 0 Å². The van der Waals surface area contributed by atoms with Crippen LogP contribution in [0.25, 0.3) is 0 Å². The number of ether oxygens (including phenoxy) is 5. The first-order valence-electron chi connectivity index (χ1n) is 9.36. The van der Waals surface area contributed by atoms with Crippen molar-refractivity contribution in [2.24, 2.45) is 0 Å². The first-order valence-corrected chi connectivity index (χ1v) is 9.36. The minimum absolute atomic E-state index is 0.116. The minimum atomic E-state index is -0.169. The second-order valence-electron chi connectivity index (χ2n) is 6.54. The zero-order chi connectivity index (χ0) is 18.7. The molecule has 146 valence electrons. The molecular weight excluding hydrogens is 344 g/mol. The van der Waals surface area contributed by atoms with Gasteiger partial charge in [-0.3, -0.25) is 0 Å². The van der Waals surface area contributed by atoms with E-state index in [4.69, 9.17) is 23.7 Å². The summed E-state index contributed by atoms with van der Waals surface area (Å²) in [5, 5.41) is 0. The van der Waals surface area contributed by atoms with E-state index in [1.54, 1.807) is 7.11 Å². The molecule has 0 radical (unpaired) electrons. The van der Waals surface area contributed by atoms with Crippen molar-refractivity contribution in [3.05, 3.63) is 71.8 Å². The first kappa shape index (κ1) is 20.0. The fourth-order valence-electron chi connectivity index (χ4n) is 3.06. The van der Waals surface area contributed by atoms with Gasteiger partial charge in [-0.2, -0.15) is 0 Å². The molecule has 3 rings (SSSR count). The third-order valence-electron chi connectivity index (χ3n) is 4.51. The molecule has 0 N–H and O–H groups in total. The van der Waals surface area contributed by atoms with E-state index in [1.165, 1.54) is 0 Å². The Kier molecular flexibility index (Phi) is 8.27. The lowest BCUT2D eigenvalue weighted by atomic mass is 10.1. The van der Waals surface area contributed by atoms with E-state index >= 15 is 0 Å². The summed E-state index contributed by atoms with van der Waals surface area (Å²) in [6.45, 7) is 3.13. The molecule has 1 aliphatic rings. The Morgan fingerprint density at radius 3 is 2.19 bits per heavy atom. The van der Waals surface area contributed by atoms with Crippen molar-refractivity contribution in [2.45, 2.75) is 31.5 Å². The number of hydrogen-bond donors (Lipinski definition) is 0.